The number of thioether (sulfide) groups is 1. The first-order valence-electron chi connectivity index (χ1n) is 8.86. The van der Waals surface area contributed by atoms with E-state index in [0.29, 0.717) is 38.9 Å². The van der Waals surface area contributed by atoms with E-state index in [-0.39, 0.29) is 18.2 Å². The van der Waals surface area contributed by atoms with Gasteiger partial charge in [-0.3, -0.25) is 14.6 Å². The molecule has 2 aromatic carbocycles. The van der Waals surface area contributed by atoms with Crippen LogP contribution in [0, 0.1) is 0 Å². The summed E-state index contributed by atoms with van der Waals surface area (Å²) in [5.41, 5.74) is 1.15. The molecule has 6 nitrogen and oxygen atoms in total. The van der Waals surface area contributed by atoms with Gasteiger partial charge in [0.05, 0.1) is 12.8 Å². The van der Waals surface area contributed by atoms with Crippen LogP contribution in [0.1, 0.15) is 13.3 Å². The lowest BCUT2D eigenvalue weighted by Gasteiger charge is -2.16. The van der Waals surface area contributed by atoms with Crippen LogP contribution in [0.15, 0.2) is 47.5 Å². The molecule has 1 heterocycles. The molecule has 0 bridgehead atoms. The maximum Gasteiger partial charge on any atom is 0.247 e. The molecule has 0 unspecified atom stereocenters. The van der Waals surface area contributed by atoms with Crippen molar-refractivity contribution in [1.29, 1.82) is 0 Å². The number of anilines is 2. The van der Waals surface area contributed by atoms with Gasteiger partial charge >= 0.3 is 0 Å². The maximum atomic E-state index is 12.9. The number of hydrogen-bond donors (Lipinski definition) is 1. The van der Waals surface area contributed by atoms with E-state index in [1.807, 2.05) is 6.92 Å². The van der Waals surface area contributed by atoms with E-state index in [0.717, 1.165) is 0 Å². The summed E-state index contributed by atoms with van der Waals surface area (Å²) in [6.07, 6.45) is 0.0847. The quantitative estimate of drug-likeness (QED) is 0.399. The first-order chi connectivity index (χ1) is 13.9. The molecule has 1 aliphatic rings. The number of benzene rings is 2. The van der Waals surface area contributed by atoms with Gasteiger partial charge in [0.25, 0.3) is 0 Å². The summed E-state index contributed by atoms with van der Waals surface area (Å²) in [5, 5.41) is 4.04. The highest BCUT2D eigenvalue weighted by atomic mass is 35.5. The van der Waals surface area contributed by atoms with Crippen LogP contribution in [0.4, 0.5) is 11.4 Å². The molecule has 1 aliphatic heterocycles. The number of halogens is 2. The molecule has 0 aliphatic carbocycles. The number of carbonyl (C=O) groups excluding carboxylic acids is 2. The Hall–Kier alpha value is -2.22. The van der Waals surface area contributed by atoms with Crippen LogP contribution in [0.2, 0.25) is 10.0 Å². The summed E-state index contributed by atoms with van der Waals surface area (Å²) < 4.78 is 5.19. The van der Waals surface area contributed by atoms with Gasteiger partial charge in [-0.15, -0.1) is 0 Å². The molecule has 0 spiro atoms. The van der Waals surface area contributed by atoms with E-state index in [1.165, 1.54) is 23.8 Å². The lowest BCUT2D eigenvalue weighted by atomic mass is 10.3. The number of aliphatic imine (C=N–C) groups is 1. The summed E-state index contributed by atoms with van der Waals surface area (Å²) in [6, 6.07) is 11.9. The third-order valence-corrected chi connectivity index (χ3v) is 5.63. The second-order valence-electron chi connectivity index (χ2n) is 6.14. The Morgan fingerprint density at radius 1 is 1.24 bits per heavy atom. The minimum Gasteiger partial charge on any atom is -0.497 e. The molecule has 29 heavy (non-hydrogen) atoms. The highest BCUT2D eigenvalue weighted by Crippen LogP contribution is 2.32. The van der Waals surface area contributed by atoms with Crippen molar-refractivity contribution >= 4 is 63.3 Å². The summed E-state index contributed by atoms with van der Waals surface area (Å²) in [6.45, 7) is 2.40. The summed E-state index contributed by atoms with van der Waals surface area (Å²) >= 11 is 13.3. The Morgan fingerprint density at radius 3 is 2.62 bits per heavy atom. The van der Waals surface area contributed by atoms with E-state index >= 15 is 0 Å². The minimum absolute atomic E-state index is 0.0847. The molecule has 152 valence electrons. The molecule has 1 fully saturated rings. The highest BCUT2D eigenvalue weighted by molar-refractivity contribution is 8.15. The van der Waals surface area contributed by atoms with Crippen molar-refractivity contribution in [2.75, 3.05) is 23.9 Å². The Bertz CT molecular complexity index is 947. The molecule has 1 saturated heterocycles. The Morgan fingerprint density at radius 2 is 1.97 bits per heavy atom. The fourth-order valence-corrected chi connectivity index (χ4v) is 4.46. The molecule has 1 N–H and O–H groups in total. The van der Waals surface area contributed by atoms with Gasteiger partial charge in [-0.25, -0.2) is 4.90 Å². The van der Waals surface area contributed by atoms with Crippen molar-refractivity contribution in [3.63, 3.8) is 0 Å². The fourth-order valence-electron chi connectivity index (χ4n) is 2.85. The van der Waals surface area contributed by atoms with Crippen molar-refractivity contribution in [3.05, 3.63) is 52.5 Å². The molecule has 9 heteroatoms. The van der Waals surface area contributed by atoms with Gasteiger partial charge in [0.2, 0.25) is 11.8 Å². The van der Waals surface area contributed by atoms with Gasteiger partial charge in [0, 0.05) is 34.8 Å². The van der Waals surface area contributed by atoms with Crippen molar-refractivity contribution in [1.82, 2.24) is 0 Å². The molecule has 0 saturated carbocycles. The SMILES string of the molecule is CCN=C(Nc1cc(Cl)cc(Cl)c1)S[C@@H]1CC(=O)N(c2cccc(OC)c2)C1=O. The summed E-state index contributed by atoms with van der Waals surface area (Å²) in [5.74, 6) is 0.0253. The van der Waals surface area contributed by atoms with Gasteiger partial charge in [-0.2, -0.15) is 0 Å². The average Bonchev–Trinajstić information content (AvgIpc) is 2.94. The molecule has 0 aromatic heterocycles. The molecular weight excluding hydrogens is 433 g/mol. The molecule has 2 amide bonds. The average molecular weight is 452 g/mol. The van der Waals surface area contributed by atoms with Crippen LogP contribution in [-0.2, 0) is 9.59 Å². The second kappa shape index (κ2) is 9.52. The maximum absolute atomic E-state index is 12.9. The normalized spacial score (nSPS) is 17.0. The second-order valence-corrected chi connectivity index (χ2v) is 8.21. The Kier molecular flexibility index (Phi) is 7.05. The van der Waals surface area contributed by atoms with Crippen LogP contribution in [0.25, 0.3) is 0 Å². The van der Waals surface area contributed by atoms with Crippen LogP contribution in [-0.4, -0.2) is 35.9 Å². The van der Waals surface area contributed by atoms with Crippen LogP contribution in [0.3, 0.4) is 0 Å². The predicted molar refractivity (Wildman–Crippen MR) is 120 cm³/mol. The number of nitrogens with zero attached hydrogens (tertiary/aromatic N) is 2. The molecular formula is C20H19Cl2N3O3S. The van der Waals surface area contributed by atoms with Gasteiger partial charge in [0.15, 0.2) is 5.17 Å². The van der Waals surface area contributed by atoms with Crippen molar-refractivity contribution in [2.45, 2.75) is 18.6 Å². The third-order valence-electron chi connectivity index (χ3n) is 4.09. The number of methoxy groups -OCH3 is 1. The number of amides is 2. The number of amidine groups is 1. The zero-order chi connectivity index (χ0) is 21.0. The summed E-state index contributed by atoms with van der Waals surface area (Å²) in [7, 11) is 1.53. The van der Waals surface area contributed by atoms with E-state index < -0.39 is 5.25 Å². The summed E-state index contributed by atoms with van der Waals surface area (Å²) in [4.78, 5) is 31.1. The highest BCUT2D eigenvalue weighted by Gasteiger charge is 2.41. The fraction of sp³-hybridized carbons (Fsp3) is 0.250. The Labute approximate surface area is 183 Å². The van der Waals surface area contributed by atoms with E-state index in [9.17, 15) is 9.59 Å². The van der Waals surface area contributed by atoms with Gasteiger partial charge in [-0.05, 0) is 37.3 Å². The van der Waals surface area contributed by atoms with Crippen molar-refractivity contribution in [3.8, 4) is 5.75 Å². The molecule has 1 atom stereocenters. The van der Waals surface area contributed by atoms with Crippen molar-refractivity contribution in [2.24, 2.45) is 4.99 Å². The lowest BCUT2D eigenvalue weighted by molar-refractivity contribution is -0.121. The number of nitrogens with one attached hydrogen (secondary N) is 1. The zero-order valence-corrected chi connectivity index (χ0v) is 18.1. The first-order valence-corrected chi connectivity index (χ1v) is 10.5. The monoisotopic (exact) mass is 451 g/mol. The van der Waals surface area contributed by atoms with Crippen LogP contribution < -0.4 is 15.0 Å². The molecule has 3 rings (SSSR count). The molecule has 0 radical (unpaired) electrons. The largest absolute Gasteiger partial charge is 0.497 e. The van der Waals surface area contributed by atoms with E-state index in [4.69, 9.17) is 27.9 Å². The Balaban J connectivity index is 1.77. The number of rotatable bonds is 5. The molecule has 2 aromatic rings. The van der Waals surface area contributed by atoms with Gasteiger partial charge in [-0.1, -0.05) is 41.0 Å². The van der Waals surface area contributed by atoms with Crippen molar-refractivity contribution < 1.29 is 14.3 Å². The zero-order valence-electron chi connectivity index (χ0n) is 15.8. The first kappa shape index (κ1) is 21.5. The number of imide groups is 1. The lowest BCUT2D eigenvalue weighted by Crippen LogP contribution is -2.31. The van der Waals surface area contributed by atoms with E-state index in [1.54, 1.807) is 42.5 Å². The predicted octanol–water partition coefficient (Wildman–Crippen LogP) is 4.86. The number of carbonyl (C=O) groups is 2. The number of hydrogen-bond acceptors (Lipinski definition) is 5. The van der Waals surface area contributed by atoms with Crippen LogP contribution >= 0.6 is 35.0 Å². The standard InChI is InChI=1S/C20H19Cl2N3O3S/c1-3-23-20(24-14-8-12(21)7-13(22)9-14)29-17-11-18(26)25(19(17)27)15-5-4-6-16(10-15)28-2/h4-10,17H,3,11H2,1-2H3,(H,23,24)/t17-/m1/s1. The van der Waals surface area contributed by atoms with Crippen LogP contribution in [0.5, 0.6) is 5.75 Å². The van der Waals surface area contributed by atoms with Gasteiger partial charge < -0.3 is 10.1 Å². The number of ether oxygens (including phenoxy) is 1. The van der Waals surface area contributed by atoms with E-state index in [2.05, 4.69) is 10.3 Å². The topological polar surface area (TPSA) is 71.0 Å². The third kappa shape index (κ3) is 5.23. The van der Waals surface area contributed by atoms with Gasteiger partial charge in [0.1, 0.15) is 11.0 Å². The smallest absolute Gasteiger partial charge is 0.247 e. The minimum atomic E-state index is -0.582.